The molecule has 0 aliphatic carbocycles. The first kappa shape index (κ1) is 15.6. The molecule has 1 atom stereocenters. The van der Waals surface area contributed by atoms with Gasteiger partial charge in [-0.2, -0.15) is 16.9 Å². The predicted octanol–water partition coefficient (Wildman–Crippen LogP) is 3.16. The molecule has 1 aliphatic heterocycles. The number of nitrogens with zero attached hydrogens (tertiary/aromatic N) is 5. The SMILES string of the molecule is CC(C)C1CN(c2ncnc3c2cnn3C(C)(C)C)CCS1. The van der Waals surface area contributed by atoms with E-state index in [2.05, 4.69) is 66.3 Å². The highest BCUT2D eigenvalue weighted by atomic mass is 32.2. The first-order valence-electron chi connectivity index (χ1n) is 7.93. The Labute approximate surface area is 136 Å². The molecule has 0 spiro atoms. The molecule has 1 aliphatic rings. The standard InChI is InChI=1S/C16H25N5S/c1-11(2)13-9-20(6-7-22-13)14-12-8-19-21(16(3,4)5)15(12)18-10-17-14/h8,10-11,13H,6-7,9H2,1-5H3. The molecule has 1 saturated heterocycles. The van der Waals surface area contributed by atoms with E-state index in [1.165, 1.54) is 0 Å². The molecule has 0 saturated carbocycles. The second kappa shape index (κ2) is 5.72. The maximum atomic E-state index is 4.57. The van der Waals surface area contributed by atoms with Crippen molar-refractivity contribution in [3.05, 3.63) is 12.5 Å². The fourth-order valence-corrected chi connectivity index (χ4v) is 4.14. The lowest BCUT2D eigenvalue weighted by molar-refractivity contribution is 0.366. The van der Waals surface area contributed by atoms with Gasteiger partial charge in [0.2, 0.25) is 0 Å². The van der Waals surface area contributed by atoms with Gasteiger partial charge in [-0.3, -0.25) is 0 Å². The van der Waals surface area contributed by atoms with Crippen molar-refractivity contribution in [3.8, 4) is 0 Å². The number of rotatable bonds is 2. The van der Waals surface area contributed by atoms with Gasteiger partial charge < -0.3 is 4.90 Å². The van der Waals surface area contributed by atoms with Crippen molar-refractivity contribution in [2.45, 2.75) is 45.4 Å². The third kappa shape index (κ3) is 2.81. The first-order chi connectivity index (χ1) is 10.4. The van der Waals surface area contributed by atoms with E-state index in [-0.39, 0.29) is 5.54 Å². The quantitative estimate of drug-likeness (QED) is 0.851. The highest BCUT2D eigenvalue weighted by Gasteiger charge is 2.26. The van der Waals surface area contributed by atoms with Crippen LogP contribution in [0, 0.1) is 5.92 Å². The van der Waals surface area contributed by atoms with Gasteiger partial charge >= 0.3 is 0 Å². The summed E-state index contributed by atoms with van der Waals surface area (Å²) in [6.45, 7) is 13.1. The molecule has 3 rings (SSSR count). The van der Waals surface area contributed by atoms with Gasteiger partial charge in [0, 0.05) is 24.1 Å². The summed E-state index contributed by atoms with van der Waals surface area (Å²) in [5.41, 5.74) is 0.850. The van der Waals surface area contributed by atoms with Crippen LogP contribution in [0.3, 0.4) is 0 Å². The molecule has 120 valence electrons. The molecule has 5 nitrogen and oxygen atoms in total. The van der Waals surface area contributed by atoms with E-state index < -0.39 is 0 Å². The van der Waals surface area contributed by atoms with Gasteiger partial charge in [-0.15, -0.1) is 0 Å². The van der Waals surface area contributed by atoms with E-state index >= 15 is 0 Å². The van der Waals surface area contributed by atoms with Crippen molar-refractivity contribution in [3.63, 3.8) is 0 Å². The van der Waals surface area contributed by atoms with Crippen LogP contribution in [0.4, 0.5) is 5.82 Å². The van der Waals surface area contributed by atoms with E-state index in [1.807, 2.05) is 10.9 Å². The number of fused-ring (bicyclic) bond motifs is 1. The maximum Gasteiger partial charge on any atom is 0.163 e. The van der Waals surface area contributed by atoms with Crippen molar-refractivity contribution < 1.29 is 0 Å². The van der Waals surface area contributed by atoms with Gasteiger partial charge in [-0.1, -0.05) is 13.8 Å². The van der Waals surface area contributed by atoms with Crippen molar-refractivity contribution >= 4 is 28.6 Å². The molecular weight excluding hydrogens is 294 g/mol. The smallest absolute Gasteiger partial charge is 0.163 e. The van der Waals surface area contributed by atoms with Gasteiger partial charge in [0.1, 0.15) is 12.1 Å². The second-order valence-corrected chi connectivity index (χ2v) is 8.61. The van der Waals surface area contributed by atoms with Crippen LogP contribution in [0.2, 0.25) is 0 Å². The van der Waals surface area contributed by atoms with E-state index in [9.17, 15) is 0 Å². The second-order valence-electron chi connectivity index (χ2n) is 7.26. The Kier molecular flexibility index (Phi) is 4.05. The maximum absolute atomic E-state index is 4.57. The summed E-state index contributed by atoms with van der Waals surface area (Å²) >= 11 is 2.08. The van der Waals surface area contributed by atoms with E-state index in [0.29, 0.717) is 11.2 Å². The van der Waals surface area contributed by atoms with Gasteiger partial charge in [-0.05, 0) is 26.7 Å². The molecule has 22 heavy (non-hydrogen) atoms. The Morgan fingerprint density at radius 1 is 1.27 bits per heavy atom. The summed E-state index contributed by atoms with van der Waals surface area (Å²) in [5, 5.41) is 6.28. The van der Waals surface area contributed by atoms with E-state index in [1.54, 1.807) is 6.33 Å². The van der Waals surface area contributed by atoms with E-state index in [4.69, 9.17) is 0 Å². The number of anilines is 1. The van der Waals surface area contributed by atoms with Crippen LogP contribution in [0.1, 0.15) is 34.6 Å². The average molecular weight is 319 g/mol. The van der Waals surface area contributed by atoms with Gasteiger partial charge in [0.15, 0.2) is 5.65 Å². The summed E-state index contributed by atoms with van der Waals surface area (Å²) in [7, 11) is 0. The Morgan fingerprint density at radius 3 is 2.73 bits per heavy atom. The van der Waals surface area contributed by atoms with Crippen LogP contribution in [-0.4, -0.2) is 43.8 Å². The normalized spacial score (nSPS) is 20.1. The minimum absolute atomic E-state index is 0.0778. The average Bonchev–Trinajstić information content (AvgIpc) is 2.91. The van der Waals surface area contributed by atoms with Crippen LogP contribution in [0.5, 0.6) is 0 Å². The third-order valence-electron chi connectivity index (χ3n) is 4.12. The Hall–Kier alpha value is -1.30. The third-order valence-corrected chi connectivity index (χ3v) is 5.66. The van der Waals surface area contributed by atoms with Crippen molar-refractivity contribution in [2.75, 3.05) is 23.7 Å². The van der Waals surface area contributed by atoms with Crippen LogP contribution in [-0.2, 0) is 5.54 Å². The molecule has 0 aromatic carbocycles. The monoisotopic (exact) mass is 319 g/mol. The van der Waals surface area contributed by atoms with Gasteiger partial charge in [-0.25, -0.2) is 14.6 Å². The van der Waals surface area contributed by atoms with Crippen LogP contribution >= 0.6 is 11.8 Å². The lowest BCUT2D eigenvalue weighted by Gasteiger charge is -2.35. The summed E-state index contributed by atoms with van der Waals surface area (Å²) in [5.74, 6) is 2.87. The molecule has 0 N–H and O–H groups in total. The highest BCUT2D eigenvalue weighted by molar-refractivity contribution is 8.00. The van der Waals surface area contributed by atoms with Gasteiger partial charge in [0.05, 0.1) is 17.1 Å². The highest BCUT2D eigenvalue weighted by Crippen LogP contribution is 2.31. The molecule has 2 aromatic rings. The Morgan fingerprint density at radius 2 is 2.05 bits per heavy atom. The first-order valence-corrected chi connectivity index (χ1v) is 8.98. The Bertz CT molecular complexity index is 658. The molecule has 0 amide bonds. The number of hydrogen-bond acceptors (Lipinski definition) is 5. The minimum Gasteiger partial charge on any atom is -0.354 e. The molecule has 2 aromatic heterocycles. The zero-order valence-corrected chi connectivity index (χ0v) is 14.9. The number of hydrogen-bond donors (Lipinski definition) is 0. The lowest BCUT2D eigenvalue weighted by atomic mass is 10.1. The summed E-state index contributed by atoms with van der Waals surface area (Å²) in [6, 6.07) is 0. The molecule has 0 bridgehead atoms. The fraction of sp³-hybridized carbons (Fsp3) is 0.688. The van der Waals surface area contributed by atoms with Crippen LogP contribution < -0.4 is 4.90 Å². The van der Waals surface area contributed by atoms with Crippen LogP contribution in [0.15, 0.2) is 12.5 Å². The largest absolute Gasteiger partial charge is 0.354 e. The molecular formula is C16H25N5S. The molecule has 1 unspecified atom stereocenters. The van der Waals surface area contributed by atoms with Gasteiger partial charge in [0.25, 0.3) is 0 Å². The molecule has 3 heterocycles. The summed E-state index contributed by atoms with van der Waals surface area (Å²) in [6.07, 6.45) is 3.59. The van der Waals surface area contributed by atoms with Crippen molar-refractivity contribution in [2.24, 2.45) is 5.92 Å². The topological polar surface area (TPSA) is 46.8 Å². The number of thioether (sulfide) groups is 1. The summed E-state index contributed by atoms with van der Waals surface area (Å²) in [4.78, 5) is 11.4. The van der Waals surface area contributed by atoms with Crippen molar-refractivity contribution in [1.29, 1.82) is 0 Å². The fourth-order valence-electron chi connectivity index (χ4n) is 2.85. The molecule has 1 fully saturated rings. The zero-order valence-electron chi connectivity index (χ0n) is 14.1. The molecule has 6 heteroatoms. The Balaban J connectivity index is 1.99. The van der Waals surface area contributed by atoms with E-state index in [0.717, 1.165) is 35.7 Å². The van der Waals surface area contributed by atoms with Crippen LogP contribution in [0.25, 0.3) is 11.0 Å². The number of aromatic nitrogens is 4. The predicted molar refractivity (Wildman–Crippen MR) is 93.6 cm³/mol. The summed E-state index contributed by atoms with van der Waals surface area (Å²) < 4.78 is 1.99. The molecule has 0 radical (unpaired) electrons. The van der Waals surface area contributed by atoms with Crippen molar-refractivity contribution in [1.82, 2.24) is 19.7 Å². The zero-order chi connectivity index (χ0) is 15.9. The minimum atomic E-state index is -0.0778. The lowest BCUT2D eigenvalue weighted by Crippen LogP contribution is -2.40.